The van der Waals surface area contributed by atoms with Crippen LogP contribution in [0, 0.1) is 0 Å². The van der Waals surface area contributed by atoms with Gasteiger partial charge in [-0.15, -0.1) is 11.3 Å². The molecule has 0 saturated carbocycles. The van der Waals surface area contributed by atoms with Gasteiger partial charge in [0.25, 0.3) is 0 Å². The molecule has 3 aromatic rings. The quantitative estimate of drug-likeness (QED) is 0.765. The zero-order valence-corrected chi connectivity index (χ0v) is 12.2. The second-order valence-corrected chi connectivity index (χ2v) is 5.81. The smallest absolute Gasteiger partial charge is 0.119 e. The van der Waals surface area contributed by atoms with E-state index in [0.29, 0.717) is 6.61 Å². The molecule has 3 heteroatoms. The fraction of sp³-hybridized carbons (Fsp3) is 0.176. The van der Waals surface area contributed by atoms with Crippen LogP contribution in [0.5, 0.6) is 5.75 Å². The maximum atomic E-state index is 5.86. The summed E-state index contributed by atoms with van der Waals surface area (Å²) < 4.78 is 7.16. The van der Waals surface area contributed by atoms with Crippen molar-refractivity contribution in [3.63, 3.8) is 0 Å². The first-order valence-electron chi connectivity index (χ1n) is 6.67. The normalized spacial score (nSPS) is 12.5. The molecule has 0 fully saturated rings. The number of fused-ring (bicyclic) bond motifs is 1. The Morgan fingerprint density at radius 1 is 1.10 bits per heavy atom. The number of rotatable bonds is 4. The average Bonchev–Trinajstić information content (AvgIpc) is 2.89. The maximum Gasteiger partial charge on any atom is 0.119 e. The molecular weight excluding hydrogens is 266 g/mol. The highest BCUT2D eigenvalue weighted by molar-refractivity contribution is 7.17. The van der Waals surface area contributed by atoms with E-state index in [-0.39, 0.29) is 6.04 Å². The van der Waals surface area contributed by atoms with Crippen molar-refractivity contribution in [2.45, 2.75) is 19.6 Å². The Labute approximate surface area is 122 Å². The van der Waals surface area contributed by atoms with E-state index in [1.807, 2.05) is 31.2 Å². The molecule has 0 spiro atoms. The third-order valence-electron chi connectivity index (χ3n) is 3.36. The van der Waals surface area contributed by atoms with E-state index in [1.54, 1.807) is 11.3 Å². The van der Waals surface area contributed by atoms with Crippen LogP contribution in [0.3, 0.4) is 0 Å². The molecule has 0 amide bonds. The van der Waals surface area contributed by atoms with Crippen LogP contribution in [0.25, 0.3) is 10.1 Å². The van der Waals surface area contributed by atoms with Gasteiger partial charge in [-0.05, 0) is 41.5 Å². The van der Waals surface area contributed by atoms with Crippen molar-refractivity contribution in [2.75, 3.05) is 0 Å². The molecule has 2 N–H and O–H groups in total. The van der Waals surface area contributed by atoms with Gasteiger partial charge in [0.1, 0.15) is 12.4 Å². The second kappa shape index (κ2) is 5.65. The molecule has 3 rings (SSSR count). The van der Waals surface area contributed by atoms with Crippen molar-refractivity contribution in [1.82, 2.24) is 0 Å². The van der Waals surface area contributed by atoms with Crippen molar-refractivity contribution >= 4 is 21.4 Å². The van der Waals surface area contributed by atoms with Crippen LogP contribution in [0.1, 0.15) is 24.1 Å². The molecule has 102 valence electrons. The third kappa shape index (κ3) is 2.69. The fourth-order valence-corrected chi connectivity index (χ4v) is 3.12. The van der Waals surface area contributed by atoms with Gasteiger partial charge >= 0.3 is 0 Å². The summed E-state index contributed by atoms with van der Waals surface area (Å²) in [6.07, 6.45) is 0. The van der Waals surface area contributed by atoms with E-state index in [1.165, 1.54) is 15.6 Å². The molecule has 20 heavy (non-hydrogen) atoms. The molecule has 1 heterocycles. The minimum Gasteiger partial charge on any atom is -0.489 e. The predicted octanol–water partition coefficient (Wildman–Crippen LogP) is 4.50. The number of nitrogens with two attached hydrogens (primary N) is 1. The van der Waals surface area contributed by atoms with Crippen LogP contribution in [0.2, 0.25) is 0 Å². The summed E-state index contributed by atoms with van der Waals surface area (Å²) in [5, 5.41) is 3.45. The van der Waals surface area contributed by atoms with Crippen molar-refractivity contribution in [3.05, 3.63) is 65.0 Å². The highest BCUT2D eigenvalue weighted by Gasteiger charge is 2.04. The Morgan fingerprint density at radius 2 is 1.85 bits per heavy atom. The lowest BCUT2D eigenvalue weighted by atomic mass is 10.1. The van der Waals surface area contributed by atoms with Crippen LogP contribution in [0.4, 0.5) is 0 Å². The van der Waals surface area contributed by atoms with Crippen LogP contribution < -0.4 is 10.5 Å². The lowest BCUT2D eigenvalue weighted by Crippen LogP contribution is -2.04. The maximum absolute atomic E-state index is 5.86. The Balaban J connectivity index is 1.73. The van der Waals surface area contributed by atoms with Gasteiger partial charge in [0.15, 0.2) is 0 Å². The predicted molar refractivity (Wildman–Crippen MR) is 85.2 cm³/mol. The zero-order chi connectivity index (χ0) is 13.9. The minimum absolute atomic E-state index is 0.0601. The van der Waals surface area contributed by atoms with Gasteiger partial charge in [0.05, 0.1) is 0 Å². The molecule has 2 aromatic carbocycles. The molecule has 2 nitrogen and oxygen atoms in total. The number of ether oxygens (including phenoxy) is 1. The van der Waals surface area contributed by atoms with E-state index in [0.717, 1.165) is 11.3 Å². The molecule has 0 unspecified atom stereocenters. The Kier molecular flexibility index (Phi) is 3.72. The number of benzene rings is 2. The van der Waals surface area contributed by atoms with Crippen molar-refractivity contribution < 1.29 is 4.74 Å². The van der Waals surface area contributed by atoms with E-state index in [4.69, 9.17) is 10.5 Å². The zero-order valence-electron chi connectivity index (χ0n) is 11.4. The summed E-state index contributed by atoms with van der Waals surface area (Å²) >= 11 is 1.76. The Morgan fingerprint density at radius 3 is 2.60 bits per heavy atom. The molecule has 0 radical (unpaired) electrons. The third-order valence-corrected chi connectivity index (χ3v) is 4.37. The Hall–Kier alpha value is -1.84. The molecule has 1 atom stereocenters. The van der Waals surface area contributed by atoms with Crippen molar-refractivity contribution in [1.29, 1.82) is 0 Å². The summed E-state index contributed by atoms with van der Waals surface area (Å²) in [7, 11) is 0. The standard InChI is InChI=1S/C17H17NOS/c1-12(18)13-6-8-15(9-7-13)19-10-14-11-20-17-5-3-2-4-16(14)17/h2-9,11-12H,10,18H2,1H3/t12-/m1/s1. The van der Waals surface area contributed by atoms with Crippen LogP contribution in [-0.4, -0.2) is 0 Å². The lowest BCUT2D eigenvalue weighted by Gasteiger charge is -2.08. The van der Waals surface area contributed by atoms with Crippen LogP contribution in [0.15, 0.2) is 53.9 Å². The van der Waals surface area contributed by atoms with Crippen molar-refractivity contribution in [3.8, 4) is 5.75 Å². The number of hydrogen-bond donors (Lipinski definition) is 1. The van der Waals surface area contributed by atoms with E-state index >= 15 is 0 Å². The van der Waals surface area contributed by atoms with Gasteiger partial charge in [-0.3, -0.25) is 0 Å². The fourth-order valence-electron chi connectivity index (χ4n) is 2.17. The van der Waals surface area contributed by atoms with Crippen LogP contribution in [-0.2, 0) is 6.61 Å². The molecule has 0 aliphatic heterocycles. The molecule has 0 saturated heterocycles. The molecule has 1 aromatic heterocycles. The average molecular weight is 283 g/mol. The molecule has 0 aliphatic carbocycles. The van der Waals surface area contributed by atoms with Gasteiger partial charge < -0.3 is 10.5 Å². The largest absolute Gasteiger partial charge is 0.489 e. The SMILES string of the molecule is C[C@@H](N)c1ccc(OCc2csc3ccccc23)cc1. The van der Waals surface area contributed by atoms with E-state index in [2.05, 4.69) is 29.6 Å². The monoisotopic (exact) mass is 283 g/mol. The molecule has 0 bridgehead atoms. The van der Waals surface area contributed by atoms with E-state index in [9.17, 15) is 0 Å². The van der Waals surface area contributed by atoms with Gasteiger partial charge in [-0.1, -0.05) is 30.3 Å². The van der Waals surface area contributed by atoms with E-state index < -0.39 is 0 Å². The van der Waals surface area contributed by atoms with Crippen molar-refractivity contribution in [2.24, 2.45) is 5.73 Å². The first-order valence-corrected chi connectivity index (χ1v) is 7.55. The molecular formula is C17H17NOS. The highest BCUT2D eigenvalue weighted by Crippen LogP contribution is 2.27. The summed E-state index contributed by atoms with van der Waals surface area (Å²) in [5.74, 6) is 0.879. The summed E-state index contributed by atoms with van der Waals surface area (Å²) in [6.45, 7) is 2.58. The first kappa shape index (κ1) is 13.2. The second-order valence-electron chi connectivity index (χ2n) is 4.90. The summed E-state index contributed by atoms with van der Waals surface area (Å²) in [5.41, 5.74) is 8.20. The number of hydrogen-bond acceptors (Lipinski definition) is 3. The number of thiophene rings is 1. The van der Waals surface area contributed by atoms with Gasteiger partial charge in [0.2, 0.25) is 0 Å². The summed E-state index contributed by atoms with van der Waals surface area (Å²) in [6, 6.07) is 16.5. The van der Waals surface area contributed by atoms with Gasteiger partial charge in [-0.2, -0.15) is 0 Å². The lowest BCUT2D eigenvalue weighted by molar-refractivity contribution is 0.308. The molecule has 0 aliphatic rings. The summed E-state index contributed by atoms with van der Waals surface area (Å²) in [4.78, 5) is 0. The topological polar surface area (TPSA) is 35.2 Å². The first-order chi connectivity index (χ1) is 9.74. The van der Waals surface area contributed by atoms with Gasteiger partial charge in [-0.25, -0.2) is 0 Å². The Bertz CT molecular complexity index is 700. The van der Waals surface area contributed by atoms with Crippen LogP contribution >= 0.6 is 11.3 Å². The van der Waals surface area contributed by atoms with Gasteiger partial charge in [0, 0.05) is 16.3 Å². The highest BCUT2D eigenvalue weighted by atomic mass is 32.1. The minimum atomic E-state index is 0.0601.